The smallest absolute Gasteiger partial charge is 0.215 e. The van der Waals surface area contributed by atoms with E-state index in [1.165, 1.54) is 0 Å². The Balaban J connectivity index is 4.39. The number of nitrogens with two attached hydrogens (primary N) is 2. The van der Waals surface area contributed by atoms with Crippen LogP contribution in [0.4, 0.5) is 0 Å². The third-order valence-electron chi connectivity index (χ3n) is 1.71. The third-order valence-corrected chi connectivity index (χ3v) is 1.71. The van der Waals surface area contributed by atoms with Crippen molar-refractivity contribution in [2.24, 2.45) is 22.4 Å². The molecule has 0 aliphatic heterocycles. The lowest BCUT2D eigenvalue weighted by Crippen LogP contribution is -2.42. The summed E-state index contributed by atoms with van der Waals surface area (Å²) in [4.78, 5) is 5.57. The molecule has 0 aliphatic rings. The van der Waals surface area contributed by atoms with Crippen molar-refractivity contribution in [1.29, 1.82) is 5.41 Å². The molecule has 6 nitrogen and oxygen atoms in total. The predicted octanol–water partition coefficient (Wildman–Crippen LogP) is -0.201. The molecule has 0 atom stereocenters. The molecule has 0 amide bonds. The zero-order chi connectivity index (χ0) is 11.8. The van der Waals surface area contributed by atoms with Crippen LogP contribution >= 0.6 is 0 Å². The van der Waals surface area contributed by atoms with Crippen LogP contribution in [0.5, 0.6) is 0 Å². The Bertz CT molecular complexity index is 227. The Kier molecular flexibility index (Phi) is 6.44. The number of hydrogen-bond donors (Lipinski definition) is 3. The number of aliphatic imine (C=N–C) groups is 1. The van der Waals surface area contributed by atoms with E-state index in [2.05, 4.69) is 18.8 Å². The molecule has 0 unspecified atom stereocenters. The Hall–Kier alpha value is -1.30. The lowest BCUT2D eigenvalue weighted by Gasteiger charge is -2.24. The molecular formula is C9H21N5O. The van der Waals surface area contributed by atoms with Crippen LogP contribution in [-0.2, 0) is 4.74 Å². The molecule has 0 saturated heterocycles. The van der Waals surface area contributed by atoms with Crippen molar-refractivity contribution in [3.8, 4) is 0 Å². The zero-order valence-corrected chi connectivity index (χ0v) is 9.66. The maximum Gasteiger partial charge on any atom is 0.215 e. The minimum atomic E-state index is -0.279. The summed E-state index contributed by atoms with van der Waals surface area (Å²) in [5.41, 5.74) is 10.9. The van der Waals surface area contributed by atoms with Gasteiger partial charge in [-0.3, -0.25) is 5.41 Å². The normalized spacial score (nSPS) is 11.9. The standard InChI is InChI=1S/C9H21N5O/c1-7(2)6-14(4-5-15-3)9(12)13-8(10)11/h7H,4-6H2,1-3H3,(H5,10,11,12,13). The summed E-state index contributed by atoms with van der Waals surface area (Å²) < 4.78 is 4.97. The summed E-state index contributed by atoms with van der Waals surface area (Å²) in [5, 5.41) is 7.03. The molecule has 0 aliphatic carbocycles. The summed E-state index contributed by atoms with van der Waals surface area (Å²) in [6, 6.07) is 0. The molecule has 0 heterocycles. The minimum Gasteiger partial charge on any atom is -0.383 e. The molecule has 0 aromatic heterocycles. The molecule has 0 saturated carbocycles. The van der Waals surface area contributed by atoms with Gasteiger partial charge in [0.1, 0.15) is 0 Å². The van der Waals surface area contributed by atoms with E-state index in [1.807, 2.05) is 4.90 Å². The lowest BCUT2D eigenvalue weighted by molar-refractivity contribution is 0.171. The Labute approximate surface area is 90.8 Å². The maximum atomic E-state index is 7.03. The molecule has 0 bridgehead atoms. The summed E-state index contributed by atoms with van der Waals surface area (Å²) in [6.07, 6.45) is 0. The molecule has 0 aromatic rings. The Morgan fingerprint density at radius 2 is 2.07 bits per heavy atom. The van der Waals surface area contributed by atoms with E-state index in [9.17, 15) is 0 Å². The van der Waals surface area contributed by atoms with Gasteiger partial charge in [0.25, 0.3) is 0 Å². The van der Waals surface area contributed by atoms with E-state index >= 15 is 0 Å². The van der Waals surface area contributed by atoms with Gasteiger partial charge in [0.05, 0.1) is 6.61 Å². The van der Waals surface area contributed by atoms with Crippen LogP contribution in [-0.4, -0.2) is 43.6 Å². The molecule has 6 heteroatoms. The minimum absolute atomic E-state index is 0.272. The second-order valence-electron chi connectivity index (χ2n) is 3.69. The van der Waals surface area contributed by atoms with E-state index < -0.39 is 0 Å². The molecule has 15 heavy (non-hydrogen) atoms. The summed E-state index contributed by atoms with van der Waals surface area (Å²) in [5.74, 6) is 0.453. The fourth-order valence-corrected chi connectivity index (χ4v) is 1.14. The van der Waals surface area contributed by atoms with Crippen molar-refractivity contribution >= 4 is 11.9 Å². The average Bonchev–Trinajstić information content (AvgIpc) is 2.10. The fraction of sp³-hybridized carbons (Fsp3) is 0.778. The van der Waals surface area contributed by atoms with Crippen LogP contribution in [0.1, 0.15) is 13.8 Å². The highest BCUT2D eigenvalue weighted by Crippen LogP contribution is 1.98. The molecule has 0 spiro atoms. The van der Waals surface area contributed by atoms with Crippen molar-refractivity contribution in [1.82, 2.24) is 4.90 Å². The fourth-order valence-electron chi connectivity index (χ4n) is 1.14. The summed E-state index contributed by atoms with van der Waals surface area (Å²) >= 11 is 0. The number of rotatable bonds is 5. The summed E-state index contributed by atoms with van der Waals surface area (Å²) in [7, 11) is 1.63. The van der Waals surface area contributed by atoms with Gasteiger partial charge in [0, 0.05) is 20.2 Å². The number of nitrogens with one attached hydrogen (secondary N) is 1. The van der Waals surface area contributed by atoms with E-state index in [1.54, 1.807) is 7.11 Å². The first-order chi connectivity index (χ1) is 6.97. The highest BCUT2D eigenvalue weighted by molar-refractivity contribution is 5.91. The first kappa shape index (κ1) is 13.7. The quantitative estimate of drug-likeness (QED) is 0.436. The number of ether oxygens (including phenoxy) is 1. The van der Waals surface area contributed by atoms with Crippen molar-refractivity contribution in [2.75, 3.05) is 26.8 Å². The number of guanidine groups is 2. The second-order valence-corrected chi connectivity index (χ2v) is 3.69. The van der Waals surface area contributed by atoms with Crippen molar-refractivity contribution in [2.45, 2.75) is 13.8 Å². The van der Waals surface area contributed by atoms with Gasteiger partial charge < -0.3 is 21.1 Å². The zero-order valence-electron chi connectivity index (χ0n) is 9.66. The number of hydrogen-bond acceptors (Lipinski definition) is 2. The highest BCUT2D eigenvalue weighted by Gasteiger charge is 2.09. The van der Waals surface area contributed by atoms with Crippen LogP contribution in [0.3, 0.4) is 0 Å². The van der Waals surface area contributed by atoms with E-state index in [-0.39, 0.29) is 11.9 Å². The third kappa shape index (κ3) is 6.73. The maximum absolute atomic E-state index is 7.03. The Morgan fingerprint density at radius 3 is 2.47 bits per heavy atom. The molecule has 88 valence electrons. The van der Waals surface area contributed by atoms with Crippen molar-refractivity contribution in [3.05, 3.63) is 0 Å². The molecule has 0 fully saturated rings. The molecule has 5 N–H and O–H groups in total. The highest BCUT2D eigenvalue weighted by atomic mass is 16.5. The van der Waals surface area contributed by atoms with Crippen LogP contribution in [0.2, 0.25) is 0 Å². The Morgan fingerprint density at radius 1 is 1.47 bits per heavy atom. The molecule has 0 radical (unpaired) electrons. The van der Waals surface area contributed by atoms with Crippen molar-refractivity contribution in [3.63, 3.8) is 0 Å². The molecular weight excluding hydrogens is 194 g/mol. The molecule has 0 aromatic carbocycles. The SMILES string of the molecule is COCCN(CC(C)C)/C(N)=N/C(=N)N. The van der Waals surface area contributed by atoms with Gasteiger partial charge in [-0.15, -0.1) is 0 Å². The van der Waals surface area contributed by atoms with E-state index in [0.717, 1.165) is 6.54 Å². The second kappa shape index (κ2) is 7.05. The average molecular weight is 215 g/mol. The first-order valence-corrected chi connectivity index (χ1v) is 4.89. The van der Waals surface area contributed by atoms with Crippen LogP contribution in [0, 0.1) is 11.3 Å². The van der Waals surface area contributed by atoms with Gasteiger partial charge in [-0.05, 0) is 5.92 Å². The van der Waals surface area contributed by atoms with Gasteiger partial charge in [0.15, 0.2) is 5.96 Å². The van der Waals surface area contributed by atoms with Gasteiger partial charge in [-0.1, -0.05) is 13.8 Å². The van der Waals surface area contributed by atoms with E-state index in [0.29, 0.717) is 19.1 Å². The van der Waals surface area contributed by atoms with Crippen LogP contribution < -0.4 is 11.5 Å². The van der Waals surface area contributed by atoms with Gasteiger partial charge in [-0.25, -0.2) is 0 Å². The van der Waals surface area contributed by atoms with E-state index in [4.69, 9.17) is 21.6 Å². The summed E-state index contributed by atoms with van der Waals surface area (Å²) in [6.45, 7) is 6.16. The number of methoxy groups -OCH3 is 1. The van der Waals surface area contributed by atoms with Gasteiger partial charge in [0.2, 0.25) is 5.96 Å². The van der Waals surface area contributed by atoms with Crippen LogP contribution in [0.25, 0.3) is 0 Å². The van der Waals surface area contributed by atoms with Gasteiger partial charge in [-0.2, -0.15) is 4.99 Å². The monoisotopic (exact) mass is 215 g/mol. The number of nitrogens with zero attached hydrogens (tertiary/aromatic N) is 2. The largest absolute Gasteiger partial charge is 0.383 e. The lowest BCUT2D eigenvalue weighted by atomic mass is 10.2. The van der Waals surface area contributed by atoms with Crippen LogP contribution in [0.15, 0.2) is 4.99 Å². The molecule has 0 rings (SSSR count). The van der Waals surface area contributed by atoms with Crippen molar-refractivity contribution < 1.29 is 4.74 Å². The van der Waals surface area contributed by atoms with Gasteiger partial charge >= 0.3 is 0 Å². The topological polar surface area (TPSA) is 101 Å². The predicted molar refractivity (Wildman–Crippen MR) is 61.8 cm³/mol. The first-order valence-electron chi connectivity index (χ1n) is 4.89.